The van der Waals surface area contributed by atoms with Crippen molar-refractivity contribution in [3.8, 4) is 0 Å². The number of nitrogens with one attached hydrogen (secondary N) is 2. The molecular weight excluding hydrogens is 630 g/mol. The zero-order chi connectivity index (χ0) is 34.2. The van der Waals surface area contributed by atoms with Crippen molar-refractivity contribution in [1.82, 2.24) is 20.0 Å². The van der Waals surface area contributed by atoms with Crippen molar-refractivity contribution in [1.29, 1.82) is 0 Å². The number of benzene rings is 3. The fraction of sp³-hybridized carbons (Fsp3) is 0.378. The molecule has 1 saturated heterocycles. The summed E-state index contributed by atoms with van der Waals surface area (Å²) in [6.45, 7) is 6.71. The van der Waals surface area contributed by atoms with Crippen molar-refractivity contribution in [2.75, 3.05) is 38.0 Å². The second-order valence-electron chi connectivity index (χ2n) is 12.5. The maximum Gasteiger partial charge on any atom is 0.246 e. The van der Waals surface area contributed by atoms with E-state index in [0.717, 1.165) is 16.7 Å². The number of hydrogen-bond donors (Lipinski definition) is 2. The van der Waals surface area contributed by atoms with Crippen molar-refractivity contribution < 1.29 is 24.0 Å². The van der Waals surface area contributed by atoms with Crippen LogP contribution < -0.4 is 10.6 Å². The lowest BCUT2D eigenvalue weighted by Crippen LogP contribution is -2.56. The number of Topliss-reactive ketones (excluding diaryl/α,β-unsaturated/α-hetero) is 1. The molecule has 2 atom stereocenters. The highest BCUT2D eigenvalue weighted by Crippen LogP contribution is 2.25. The van der Waals surface area contributed by atoms with Gasteiger partial charge in [0.05, 0.1) is 0 Å². The summed E-state index contributed by atoms with van der Waals surface area (Å²) in [5, 5.41) is 6.48. The molecule has 252 valence electrons. The van der Waals surface area contributed by atoms with Gasteiger partial charge in [-0.2, -0.15) is 0 Å². The van der Waals surface area contributed by atoms with Crippen molar-refractivity contribution >= 4 is 46.7 Å². The topological polar surface area (TPSA) is 119 Å². The van der Waals surface area contributed by atoms with Gasteiger partial charge in [0.2, 0.25) is 23.6 Å². The maximum absolute atomic E-state index is 14.1. The van der Waals surface area contributed by atoms with E-state index in [4.69, 9.17) is 11.6 Å². The van der Waals surface area contributed by atoms with Crippen molar-refractivity contribution in [3.05, 3.63) is 100 Å². The molecule has 0 aliphatic carbocycles. The molecule has 2 N–H and O–H groups in total. The first kappa shape index (κ1) is 34.8. The van der Waals surface area contributed by atoms with E-state index >= 15 is 0 Å². The molecule has 10 nitrogen and oxygen atoms in total. The highest BCUT2D eigenvalue weighted by Gasteiger charge is 2.36. The van der Waals surface area contributed by atoms with Crippen LogP contribution in [-0.2, 0) is 32.1 Å². The van der Waals surface area contributed by atoms with E-state index in [1.54, 1.807) is 54.3 Å². The molecule has 2 aliphatic heterocycles. The Balaban J connectivity index is 1.32. The van der Waals surface area contributed by atoms with Crippen LogP contribution in [0.5, 0.6) is 0 Å². The van der Waals surface area contributed by atoms with Crippen LogP contribution in [0.2, 0.25) is 5.02 Å². The van der Waals surface area contributed by atoms with Gasteiger partial charge in [-0.1, -0.05) is 66.2 Å². The number of hydrogen-bond acceptors (Lipinski definition) is 6. The third-order valence-corrected chi connectivity index (χ3v) is 9.57. The van der Waals surface area contributed by atoms with Crippen LogP contribution >= 0.6 is 11.6 Å². The molecule has 3 aromatic rings. The number of carbonyl (C=O) groups is 5. The van der Waals surface area contributed by atoms with Crippen molar-refractivity contribution in [2.45, 2.75) is 58.2 Å². The molecule has 5 rings (SSSR count). The molecule has 3 aromatic carbocycles. The Kier molecular flexibility index (Phi) is 11.6. The lowest BCUT2D eigenvalue weighted by atomic mass is 9.92. The van der Waals surface area contributed by atoms with Crippen molar-refractivity contribution in [2.24, 2.45) is 0 Å². The summed E-state index contributed by atoms with van der Waals surface area (Å²) in [7, 11) is 0. The second-order valence-corrected chi connectivity index (χ2v) is 12.9. The highest BCUT2D eigenvalue weighted by molar-refractivity contribution is 6.31. The van der Waals surface area contributed by atoms with Crippen LogP contribution in [0.4, 0.5) is 5.69 Å². The molecule has 0 aromatic heterocycles. The molecule has 0 spiro atoms. The van der Waals surface area contributed by atoms with Crippen LogP contribution in [0.25, 0.3) is 0 Å². The molecule has 11 heteroatoms. The van der Waals surface area contributed by atoms with E-state index in [1.807, 2.05) is 37.3 Å². The SMILES string of the molecule is CC(=O)N1CCN(CC[C@H](NC(=O)[C@@H]2Cc3ccccc3CN2C(=O)CCC(=O)c2ccccc2)C(=O)Nc2ccc(Cl)c(C)c2)CC1. The van der Waals surface area contributed by atoms with Gasteiger partial charge >= 0.3 is 0 Å². The number of ketones is 1. The zero-order valence-corrected chi connectivity index (χ0v) is 28.2. The molecule has 0 bridgehead atoms. The second kappa shape index (κ2) is 16.0. The molecule has 4 amide bonds. The Labute approximate surface area is 286 Å². The minimum Gasteiger partial charge on any atom is -0.342 e. The summed E-state index contributed by atoms with van der Waals surface area (Å²) in [6.07, 6.45) is 0.606. The van der Waals surface area contributed by atoms with E-state index in [0.29, 0.717) is 55.4 Å². The number of rotatable bonds is 11. The Morgan fingerprint density at radius 3 is 2.25 bits per heavy atom. The zero-order valence-electron chi connectivity index (χ0n) is 27.4. The van der Waals surface area contributed by atoms with Gasteiger partial charge in [-0.15, -0.1) is 0 Å². The Morgan fingerprint density at radius 2 is 1.56 bits per heavy atom. The summed E-state index contributed by atoms with van der Waals surface area (Å²) in [6, 6.07) is 20.0. The van der Waals surface area contributed by atoms with E-state index in [-0.39, 0.29) is 49.3 Å². The van der Waals surface area contributed by atoms with Gasteiger partial charge in [-0.25, -0.2) is 0 Å². The normalized spacial score (nSPS) is 16.9. The van der Waals surface area contributed by atoms with Crippen molar-refractivity contribution in [3.63, 3.8) is 0 Å². The minimum absolute atomic E-state index is 0.0256. The van der Waals surface area contributed by atoms with Gasteiger partial charge in [-0.05, 0) is 48.2 Å². The predicted octanol–water partition coefficient (Wildman–Crippen LogP) is 4.24. The number of fused-ring (bicyclic) bond motifs is 1. The van der Waals surface area contributed by atoms with E-state index in [1.165, 1.54) is 4.90 Å². The quantitative estimate of drug-likeness (QED) is 0.295. The molecule has 0 saturated carbocycles. The summed E-state index contributed by atoms with van der Waals surface area (Å²) < 4.78 is 0. The van der Waals surface area contributed by atoms with E-state index in [9.17, 15) is 24.0 Å². The molecular formula is C37H42ClN5O5. The smallest absolute Gasteiger partial charge is 0.246 e. The summed E-state index contributed by atoms with van der Waals surface area (Å²) >= 11 is 6.20. The molecule has 0 unspecified atom stereocenters. The fourth-order valence-electron chi connectivity index (χ4n) is 6.24. The largest absolute Gasteiger partial charge is 0.342 e. The Morgan fingerprint density at radius 1 is 0.875 bits per heavy atom. The van der Waals surface area contributed by atoms with Gasteiger partial charge in [0, 0.05) is 81.7 Å². The van der Waals surface area contributed by atoms with E-state index in [2.05, 4.69) is 15.5 Å². The van der Waals surface area contributed by atoms with Crippen LogP contribution in [0.1, 0.15) is 53.2 Å². The summed E-state index contributed by atoms with van der Waals surface area (Å²) in [4.78, 5) is 71.6. The number of halogens is 1. The molecule has 2 heterocycles. The summed E-state index contributed by atoms with van der Waals surface area (Å²) in [5.41, 5.74) is 3.81. The minimum atomic E-state index is -0.895. The third kappa shape index (κ3) is 8.87. The average Bonchev–Trinajstić information content (AvgIpc) is 3.10. The Bertz CT molecular complexity index is 1660. The fourth-order valence-corrected chi connectivity index (χ4v) is 6.36. The highest BCUT2D eigenvalue weighted by atomic mass is 35.5. The number of aryl methyl sites for hydroxylation is 1. The lowest BCUT2D eigenvalue weighted by Gasteiger charge is -2.37. The first-order valence-electron chi connectivity index (χ1n) is 16.4. The first-order chi connectivity index (χ1) is 23.1. The van der Waals surface area contributed by atoms with Crippen LogP contribution in [-0.4, -0.2) is 88.9 Å². The van der Waals surface area contributed by atoms with Crippen LogP contribution in [0.15, 0.2) is 72.8 Å². The Hall–Kier alpha value is -4.54. The number of carbonyl (C=O) groups excluding carboxylic acids is 5. The number of amides is 4. The standard InChI is InChI=1S/C37H42ClN5O5/c1-25-22-30(12-13-31(25)38)39-36(47)32(16-17-41-18-20-42(21-19-41)26(2)44)40-37(48)33-23-28-10-6-7-11-29(28)24-43(33)35(46)15-14-34(45)27-8-4-3-5-9-27/h3-13,22,32-33H,14-21,23-24H2,1-2H3,(H,39,47)(H,40,48)/t32-,33-/m0/s1. The van der Waals surface area contributed by atoms with Gasteiger partial charge in [0.1, 0.15) is 12.1 Å². The molecule has 48 heavy (non-hydrogen) atoms. The monoisotopic (exact) mass is 671 g/mol. The van der Waals surface area contributed by atoms with Crippen LogP contribution in [0.3, 0.4) is 0 Å². The number of piperazine rings is 1. The predicted molar refractivity (Wildman–Crippen MR) is 185 cm³/mol. The summed E-state index contributed by atoms with van der Waals surface area (Å²) in [5.74, 6) is -1.21. The third-order valence-electron chi connectivity index (χ3n) is 9.14. The van der Waals surface area contributed by atoms with Gasteiger partial charge < -0.3 is 20.4 Å². The van der Waals surface area contributed by atoms with Gasteiger partial charge in [0.25, 0.3) is 0 Å². The molecule has 1 fully saturated rings. The maximum atomic E-state index is 14.1. The molecule has 0 radical (unpaired) electrons. The van der Waals surface area contributed by atoms with Gasteiger partial charge in [0.15, 0.2) is 5.78 Å². The molecule has 2 aliphatic rings. The average molecular weight is 672 g/mol. The number of anilines is 1. The lowest BCUT2D eigenvalue weighted by molar-refractivity contribution is -0.142. The van der Waals surface area contributed by atoms with Gasteiger partial charge in [-0.3, -0.25) is 28.9 Å². The first-order valence-corrected chi connectivity index (χ1v) is 16.8. The van der Waals surface area contributed by atoms with Crippen LogP contribution in [0, 0.1) is 6.92 Å². The van der Waals surface area contributed by atoms with E-state index < -0.39 is 18.0 Å². The number of nitrogens with zero attached hydrogens (tertiary/aromatic N) is 3.